The maximum absolute atomic E-state index is 6.32. The summed E-state index contributed by atoms with van der Waals surface area (Å²) in [5, 5.41) is 7.77. The van der Waals surface area contributed by atoms with Gasteiger partial charge >= 0.3 is 0 Å². The van der Waals surface area contributed by atoms with E-state index in [4.69, 9.17) is 4.74 Å². The zero-order chi connectivity index (χ0) is 27.0. The molecule has 0 amide bonds. The molecule has 4 aromatic carbocycles. The molecule has 0 bridgehead atoms. The van der Waals surface area contributed by atoms with E-state index >= 15 is 0 Å². The second-order valence-corrected chi connectivity index (χ2v) is 10.7. The summed E-state index contributed by atoms with van der Waals surface area (Å²) in [6.45, 7) is 3.55. The van der Waals surface area contributed by atoms with Gasteiger partial charge in [0.05, 0.1) is 18.0 Å². The van der Waals surface area contributed by atoms with Crippen LogP contribution in [0.5, 0.6) is 5.75 Å². The van der Waals surface area contributed by atoms with Gasteiger partial charge in [-0.2, -0.15) is 0 Å². The summed E-state index contributed by atoms with van der Waals surface area (Å²) in [4.78, 5) is 11.5. The Morgan fingerprint density at radius 2 is 1.12 bits per heavy atom. The van der Waals surface area contributed by atoms with E-state index in [0.717, 1.165) is 49.8 Å². The molecule has 0 unspecified atom stereocenters. The molecule has 40 heavy (non-hydrogen) atoms. The Morgan fingerprint density at radius 1 is 0.525 bits per heavy atom. The molecular weight excluding hydrogens is 490 g/mol. The highest BCUT2D eigenvalue weighted by molar-refractivity contribution is 6.24. The largest absolute Gasteiger partial charge is 0.493 e. The molecule has 4 heteroatoms. The SMILES string of the molecule is c1ccc(CN(CCCCCCCCOc2ccc3ccc4cccc5ccc2c3c45)Cc2ccccn2)nc1. The predicted octanol–water partition coefficient (Wildman–Crippen LogP) is 8.80. The summed E-state index contributed by atoms with van der Waals surface area (Å²) >= 11 is 0. The first-order chi connectivity index (χ1) is 19.8. The number of ether oxygens (including phenoxy) is 1. The normalized spacial score (nSPS) is 11.7. The molecule has 0 saturated carbocycles. The van der Waals surface area contributed by atoms with E-state index in [2.05, 4.69) is 93.7 Å². The first kappa shape index (κ1) is 26.2. The van der Waals surface area contributed by atoms with E-state index in [1.165, 1.54) is 64.4 Å². The molecule has 2 aromatic heterocycles. The average molecular weight is 528 g/mol. The standard InChI is InChI=1S/C36H37N3O/c1(3-9-24-39(26-31-14-5-7-22-37-31)27-32-15-6-8-23-38-32)2-4-10-25-40-34-21-19-30-17-16-28-12-11-13-29-18-20-33(34)36(30)35(28)29/h5-8,11-23H,1-4,9-10,24-27H2. The van der Waals surface area contributed by atoms with Crippen molar-refractivity contribution in [3.63, 3.8) is 0 Å². The predicted molar refractivity (Wildman–Crippen MR) is 166 cm³/mol. The van der Waals surface area contributed by atoms with Crippen LogP contribution in [0.2, 0.25) is 0 Å². The van der Waals surface area contributed by atoms with Crippen molar-refractivity contribution in [3.8, 4) is 5.75 Å². The Balaban J connectivity index is 0.945. The van der Waals surface area contributed by atoms with Crippen LogP contribution < -0.4 is 4.74 Å². The van der Waals surface area contributed by atoms with Gasteiger partial charge in [0, 0.05) is 36.3 Å². The van der Waals surface area contributed by atoms with E-state index in [9.17, 15) is 0 Å². The van der Waals surface area contributed by atoms with E-state index in [1.807, 2.05) is 24.5 Å². The van der Waals surface area contributed by atoms with Crippen LogP contribution in [0.4, 0.5) is 0 Å². The van der Waals surface area contributed by atoms with Crippen molar-refractivity contribution < 1.29 is 4.74 Å². The van der Waals surface area contributed by atoms with Crippen LogP contribution >= 0.6 is 0 Å². The minimum Gasteiger partial charge on any atom is -0.493 e. The second-order valence-electron chi connectivity index (χ2n) is 10.7. The molecule has 0 saturated heterocycles. The average Bonchev–Trinajstić information content (AvgIpc) is 3.00. The Kier molecular flexibility index (Phi) is 8.45. The summed E-state index contributed by atoms with van der Waals surface area (Å²) in [7, 11) is 0. The summed E-state index contributed by atoms with van der Waals surface area (Å²) in [5.41, 5.74) is 2.23. The number of benzene rings is 4. The van der Waals surface area contributed by atoms with Gasteiger partial charge in [0.2, 0.25) is 0 Å². The van der Waals surface area contributed by atoms with Crippen molar-refractivity contribution in [2.24, 2.45) is 0 Å². The molecule has 2 heterocycles. The molecule has 0 radical (unpaired) electrons. The summed E-state index contributed by atoms with van der Waals surface area (Å²) in [6.07, 6.45) is 11.0. The van der Waals surface area contributed by atoms with E-state index < -0.39 is 0 Å². The molecule has 0 aliphatic rings. The molecule has 202 valence electrons. The molecule has 6 aromatic rings. The summed E-state index contributed by atoms with van der Waals surface area (Å²) < 4.78 is 6.32. The number of unbranched alkanes of at least 4 members (excludes halogenated alkanes) is 5. The molecule has 0 atom stereocenters. The quantitative estimate of drug-likeness (QED) is 0.105. The van der Waals surface area contributed by atoms with Crippen molar-refractivity contribution in [3.05, 3.63) is 115 Å². The van der Waals surface area contributed by atoms with Gasteiger partial charge in [0.25, 0.3) is 0 Å². The van der Waals surface area contributed by atoms with Crippen molar-refractivity contribution in [1.82, 2.24) is 14.9 Å². The molecule has 0 aliphatic heterocycles. The lowest BCUT2D eigenvalue weighted by atomic mass is 9.94. The number of nitrogens with zero attached hydrogens (tertiary/aromatic N) is 3. The monoisotopic (exact) mass is 527 g/mol. The lowest BCUT2D eigenvalue weighted by molar-refractivity contribution is 0.244. The van der Waals surface area contributed by atoms with Crippen LogP contribution in [0.3, 0.4) is 0 Å². The highest BCUT2D eigenvalue weighted by atomic mass is 16.5. The molecule has 6 rings (SSSR count). The van der Waals surface area contributed by atoms with Gasteiger partial charge in [-0.1, -0.05) is 80.3 Å². The molecular formula is C36H37N3O. The maximum atomic E-state index is 6.32. The second kappa shape index (κ2) is 12.9. The topological polar surface area (TPSA) is 38.2 Å². The molecule has 0 N–H and O–H groups in total. The number of aromatic nitrogens is 2. The van der Waals surface area contributed by atoms with Crippen LogP contribution in [0.15, 0.2) is 103 Å². The van der Waals surface area contributed by atoms with E-state index in [-0.39, 0.29) is 0 Å². The highest BCUT2D eigenvalue weighted by Crippen LogP contribution is 2.38. The number of hydrogen-bond acceptors (Lipinski definition) is 4. The first-order valence-corrected chi connectivity index (χ1v) is 14.7. The maximum Gasteiger partial charge on any atom is 0.127 e. The van der Waals surface area contributed by atoms with Crippen molar-refractivity contribution in [2.45, 2.75) is 51.6 Å². The number of rotatable bonds is 14. The van der Waals surface area contributed by atoms with E-state index in [0.29, 0.717) is 0 Å². The summed E-state index contributed by atoms with van der Waals surface area (Å²) in [6, 6.07) is 32.1. The lowest BCUT2D eigenvalue weighted by Crippen LogP contribution is -2.25. The van der Waals surface area contributed by atoms with Gasteiger partial charge in [-0.15, -0.1) is 0 Å². The smallest absolute Gasteiger partial charge is 0.127 e. The molecule has 0 aliphatic carbocycles. The summed E-state index contributed by atoms with van der Waals surface area (Å²) in [5.74, 6) is 1.01. The fraction of sp³-hybridized carbons (Fsp3) is 0.278. The zero-order valence-corrected chi connectivity index (χ0v) is 23.1. The van der Waals surface area contributed by atoms with Crippen LogP contribution in [0, 0.1) is 0 Å². The van der Waals surface area contributed by atoms with Gasteiger partial charge < -0.3 is 4.74 Å². The Bertz CT molecular complexity index is 1580. The fourth-order valence-corrected chi connectivity index (χ4v) is 5.82. The zero-order valence-electron chi connectivity index (χ0n) is 23.1. The van der Waals surface area contributed by atoms with Crippen LogP contribution in [0.25, 0.3) is 32.3 Å². The van der Waals surface area contributed by atoms with Crippen LogP contribution in [-0.2, 0) is 13.1 Å². The lowest BCUT2D eigenvalue weighted by Gasteiger charge is -2.21. The van der Waals surface area contributed by atoms with Crippen molar-refractivity contribution >= 4 is 32.3 Å². The van der Waals surface area contributed by atoms with Crippen LogP contribution in [-0.4, -0.2) is 28.0 Å². The van der Waals surface area contributed by atoms with E-state index in [1.54, 1.807) is 0 Å². The van der Waals surface area contributed by atoms with Crippen molar-refractivity contribution in [1.29, 1.82) is 0 Å². The first-order valence-electron chi connectivity index (χ1n) is 14.7. The van der Waals surface area contributed by atoms with Gasteiger partial charge in [-0.3, -0.25) is 14.9 Å². The molecule has 4 nitrogen and oxygen atoms in total. The molecule has 0 spiro atoms. The Labute approximate surface area is 237 Å². The minimum atomic E-state index is 0.770. The van der Waals surface area contributed by atoms with Gasteiger partial charge in [0.1, 0.15) is 5.75 Å². The third-order valence-corrected chi connectivity index (χ3v) is 7.84. The van der Waals surface area contributed by atoms with Crippen LogP contribution in [0.1, 0.15) is 49.9 Å². The fourth-order valence-electron chi connectivity index (χ4n) is 5.82. The van der Waals surface area contributed by atoms with Gasteiger partial charge in [-0.25, -0.2) is 0 Å². The third kappa shape index (κ3) is 6.24. The number of pyridine rings is 2. The van der Waals surface area contributed by atoms with Gasteiger partial charge in [-0.05, 0) is 77.3 Å². The Hall–Kier alpha value is -4.02. The third-order valence-electron chi connectivity index (χ3n) is 7.84. The Morgan fingerprint density at radius 3 is 1.80 bits per heavy atom. The minimum absolute atomic E-state index is 0.770. The highest BCUT2D eigenvalue weighted by Gasteiger charge is 2.12. The van der Waals surface area contributed by atoms with Gasteiger partial charge in [0.15, 0.2) is 0 Å². The van der Waals surface area contributed by atoms with Crippen molar-refractivity contribution in [2.75, 3.05) is 13.2 Å². The molecule has 0 fully saturated rings. The number of hydrogen-bond donors (Lipinski definition) is 0.